The van der Waals surface area contributed by atoms with Gasteiger partial charge in [-0.3, -0.25) is 4.79 Å². The zero-order valence-corrected chi connectivity index (χ0v) is 11.2. The normalized spacial score (nSPS) is 11.2. The maximum absolute atomic E-state index is 11.7. The molecular formula is C11H16N2O5S. The van der Waals surface area contributed by atoms with Crippen molar-refractivity contribution >= 4 is 15.9 Å². The van der Waals surface area contributed by atoms with Crippen molar-refractivity contribution in [3.8, 4) is 11.5 Å². The Labute approximate surface area is 111 Å². The molecule has 0 spiro atoms. The molecule has 0 saturated carbocycles. The molecule has 0 aliphatic carbocycles. The average molecular weight is 288 g/mol. The zero-order valence-electron chi connectivity index (χ0n) is 10.4. The Morgan fingerprint density at radius 2 is 2.00 bits per heavy atom. The third-order valence-electron chi connectivity index (χ3n) is 2.25. The number of hydrogen-bond donors (Lipinski definition) is 4. The molecule has 0 fully saturated rings. The summed E-state index contributed by atoms with van der Waals surface area (Å²) in [5, 5.41) is 21.0. The van der Waals surface area contributed by atoms with Gasteiger partial charge in [0, 0.05) is 13.1 Å². The first-order valence-corrected chi connectivity index (χ1v) is 7.28. The van der Waals surface area contributed by atoms with Gasteiger partial charge in [0.1, 0.15) is 11.5 Å². The van der Waals surface area contributed by atoms with Gasteiger partial charge in [0.2, 0.25) is 10.0 Å². The maximum Gasteiger partial charge on any atom is 0.255 e. The van der Waals surface area contributed by atoms with Crippen LogP contribution in [0.2, 0.25) is 0 Å². The van der Waals surface area contributed by atoms with Crippen molar-refractivity contribution in [1.29, 1.82) is 0 Å². The molecule has 0 radical (unpaired) electrons. The van der Waals surface area contributed by atoms with Gasteiger partial charge in [-0.15, -0.1) is 0 Å². The van der Waals surface area contributed by atoms with Gasteiger partial charge >= 0.3 is 0 Å². The SMILES string of the molecule is CCNS(=O)(=O)CCNC(=O)c1cc(O)ccc1O. The van der Waals surface area contributed by atoms with Gasteiger partial charge in [0.15, 0.2) is 0 Å². The molecule has 19 heavy (non-hydrogen) atoms. The molecule has 0 aliphatic heterocycles. The van der Waals surface area contributed by atoms with E-state index in [9.17, 15) is 23.4 Å². The minimum absolute atomic E-state index is 0.0940. The van der Waals surface area contributed by atoms with E-state index in [4.69, 9.17) is 0 Å². The second-order valence-electron chi connectivity index (χ2n) is 3.77. The van der Waals surface area contributed by atoms with Crippen molar-refractivity contribution in [3.63, 3.8) is 0 Å². The molecule has 0 unspecified atom stereocenters. The molecular weight excluding hydrogens is 272 g/mol. The lowest BCUT2D eigenvalue weighted by Crippen LogP contribution is -2.34. The Balaban J connectivity index is 2.59. The fourth-order valence-corrected chi connectivity index (χ4v) is 2.35. The highest BCUT2D eigenvalue weighted by Gasteiger charge is 2.13. The van der Waals surface area contributed by atoms with E-state index in [0.29, 0.717) is 0 Å². The van der Waals surface area contributed by atoms with Gasteiger partial charge in [-0.1, -0.05) is 6.92 Å². The summed E-state index contributed by atoms with van der Waals surface area (Å²) in [6, 6.07) is 3.52. The van der Waals surface area contributed by atoms with Crippen LogP contribution in [0.15, 0.2) is 18.2 Å². The van der Waals surface area contributed by atoms with Crippen LogP contribution in [0.25, 0.3) is 0 Å². The summed E-state index contributed by atoms with van der Waals surface area (Å²) in [6.07, 6.45) is 0. The standard InChI is InChI=1S/C11H16N2O5S/c1-2-13-19(17,18)6-5-12-11(16)9-7-8(14)3-4-10(9)15/h3-4,7,13-15H,2,5-6H2,1H3,(H,12,16). The van der Waals surface area contributed by atoms with Crippen molar-refractivity contribution in [2.24, 2.45) is 0 Å². The Kier molecular flexibility index (Phi) is 5.13. The van der Waals surface area contributed by atoms with E-state index < -0.39 is 15.9 Å². The lowest BCUT2D eigenvalue weighted by molar-refractivity contribution is 0.0953. The number of carbonyl (C=O) groups is 1. The van der Waals surface area contributed by atoms with Gasteiger partial charge in [0.05, 0.1) is 11.3 Å². The molecule has 0 bridgehead atoms. The van der Waals surface area contributed by atoms with Crippen LogP contribution in [0.3, 0.4) is 0 Å². The monoisotopic (exact) mass is 288 g/mol. The van der Waals surface area contributed by atoms with E-state index >= 15 is 0 Å². The summed E-state index contributed by atoms with van der Waals surface area (Å²) < 4.78 is 24.9. The van der Waals surface area contributed by atoms with Crippen LogP contribution in [0.1, 0.15) is 17.3 Å². The van der Waals surface area contributed by atoms with Crippen LogP contribution in [-0.4, -0.2) is 43.4 Å². The maximum atomic E-state index is 11.7. The van der Waals surface area contributed by atoms with Crippen molar-refractivity contribution in [3.05, 3.63) is 23.8 Å². The largest absolute Gasteiger partial charge is 0.508 e. The van der Waals surface area contributed by atoms with E-state index in [0.717, 1.165) is 6.07 Å². The second kappa shape index (κ2) is 6.39. The lowest BCUT2D eigenvalue weighted by atomic mass is 10.2. The smallest absolute Gasteiger partial charge is 0.255 e. The minimum Gasteiger partial charge on any atom is -0.508 e. The van der Waals surface area contributed by atoms with Crippen LogP contribution >= 0.6 is 0 Å². The fraction of sp³-hybridized carbons (Fsp3) is 0.364. The first kappa shape index (κ1) is 15.3. The number of benzene rings is 1. The molecule has 1 aromatic carbocycles. The summed E-state index contributed by atoms with van der Waals surface area (Å²) in [6.45, 7) is 1.84. The molecule has 0 aliphatic rings. The Morgan fingerprint density at radius 1 is 1.32 bits per heavy atom. The molecule has 1 aromatic rings. The number of carbonyl (C=O) groups excluding carboxylic acids is 1. The quantitative estimate of drug-likeness (QED) is 0.539. The van der Waals surface area contributed by atoms with E-state index in [2.05, 4.69) is 10.0 Å². The molecule has 0 heterocycles. The molecule has 0 saturated heterocycles. The molecule has 1 amide bonds. The van der Waals surface area contributed by atoms with E-state index in [1.54, 1.807) is 6.92 Å². The van der Waals surface area contributed by atoms with Crippen molar-refractivity contribution in [2.45, 2.75) is 6.92 Å². The number of phenolic OH excluding ortho intramolecular Hbond substituents is 2. The van der Waals surface area contributed by atoms with Crippen LogP contribution < -0.4 is 10.0 Å². The van der Waals surface area contributed by atoms with Gasteiger partial charge in [0.25, 0.3) is 5.91 Å². The summed E-state index contributed by atoms with van der Waals surface area (Å²) >= 11 is 0. The van der Waals surface area contributed by atoms with Gasteiger partial charge < -0.3 is 15.5 Å². The molecule has 106 valence electrons. The predicted octanol–water partition coefficient (Wildman–Crippen LogP) is -0.233. The minimum atomic E-state index is -3.40. The lowest BCUT2D eigenvalue weighted by Gasteiger charge is -2.08. The Morgan fingerprint density at radius 3 is 2.63 bits per heavy atom. The highest BCUT2D eigenvalue weighted by molar-refractivity contribution is 7.89. The third kappa shape index (κ3) is 4.76. The van der Waals surface area contributed by atoms with Crippen LogP contribution in [0.5, 0.6) is 11.5 Å². The zero-order chi connectivity index (χ0) is 14.5. The molecule has 0 atom stereocenters. The average Bonchev–Trinajstić information content (AvgIpc) is 2.31. The molecule has 8 heteroatoms. The molecule has 0 aromatic heterocycles. The first-order chi connectivity index (χ1) is 8.85. The highest BCUT2D eigenvalue weighted by atomic mass is 32.2. The summed E-state index contributed by atoms with van der Waals surface area (Å²) in [7, 11) is -3.40. The molecule has 7 nitrogen and oxygen atoms in total. The van der Waals surface area contributed by atoms with Gasteiger partial charge in [-0.2, -0.15) is 0 Å². The Bertz CT molecular complexity index is 556. The second-order valence-corrected chi connectivity index (χ2v) is 5.70. The third-order valence-corrected chi connectivity index (χ3v) is 3.72. The molecule has 1 rings (SSSR count). The Hall–Kier alpha value is -1.80. The fourth-order valence-electron chi connectivity index (χ4n) is 1.39. The van der Waals surface area contributed by atoms with E-state index in [1.807, 2.05) is 0 Å². The van der Waals surface area contributed by atoms with Crippen molar-refractivity contribution < 1.29 is 23.4 Å². The molecule has 4 N–H and O–H groups in total. The number of hydrogen-bond acceptors (Lipinski definition) is 5. The number of sulfonamides is 1. The van der Waals surface area contributed by atoms with Crippen molar-refractivity contribution in [1.82, 2.24) is 10.0 Å². The number of rotatable bonds is 6. The number of aromatic hydroxyl groups is 2. The highest BCUT2D eigenvalue weighted by Crippen LogP contribution is 2.21. The first-order valence-electron chi connectivity index (χ1n) is 5.63. The summed E-state index contributed by atoms with van der Waals surface area (Å²) in [5.74, 6) is -1.36. The van der Waals surface area contributed by atoms with Gasteiger partial charge in [-0.25, -0.2) is 13.1 Å². The number of nitrogens with one attached hydrogen (secondary N) is 2. The van der Waals surface area contributed by atoms with Crippen LogP contribution in [0, 0.1) is 0 Å². The number of phenols is 2. The van der Waals surface area contributed by atoms with Crippen LogP contribution in [-0.2, 0) is 10.0 Å². The van der Waals surface area contributed by atoms with Gasteiger partial charge in [-0.05, 0) is 18.2 Å². The number of amides is 1. The van der Waals surface area contributed by atoms with E-state index in [-0.39, 0.29) is 35.9 Å². The van der Waals surface area contributed by atoms with E-state index in [1.165, 1.54) is 12.1 Å². The summed E-state index contributed by atoms with van der Waals surface area (Å²) in [4.78, 5) is 11.7. The van der Waals surface area contributed by atoms with Crippen molar-refractivity contribution in [2.75, 3.05) is 18.8 Å². The van der Waals surface area contributed by atoms with Crippen LogP contribution in [0.4, 0.5) is 0 Å². The topological polar surface area (TPSA) is 116 Å². The predicted molar refractivity (Wildman–Crippen MR) is 69.6 cm³/mol. The summed E-state index contributed by atoms with van der Waals surface area (Å²) in [5.41, 5.74) is -0.110.